The van der Waals surface area contributed by atoms with Crippen molar-refractivity contribution < 1.29 is 17.9 Å². The van der Waals surface area contributed by atoms with Crippen LogP contribution in [0.25, 0.3) is 0 Å². The molecular weight excluding hydrogens is 412 g/mol. The minimum absolute atomic E-state index is 0.102. The van der Waals surface area contributed by atoms with Gasteiger partial charge in [-0.15, -0.1) is 0 Å². The Labute approximate surface area is 177 Å². The molecule has 0 fully saturated rings. The van der Waals surface area contributed by atoms with Gasteiger partial charge in [0.2, 0.25) is 15.9 Å². The number of rotatable bonds is 9. The van der Waals surface area contributed by atoms with Crippen molar-refractivity contribution in [1.29, 1.82) is 0 Å². The van der Waals surface area contributed by atoms with Crippen LogP contribution in [0.2, 0.25) is 5.02 Å². The van der Waals surface area contributed by atoms with Gasteiger partial charge in [-0.25, -0.2) is 8.42 Å². The Morgan fingerprint density at radius 3 is 2.28 bits per heavy atom. The van der Waals surface area contributed by atoms with Crippen LogP contribution in [0.15, 0.2) is 41.3 Å². The van der Waals surface area contributed by atoms with E-state index in [1.807, 2.05) is 32.0 Å². The predicted molar refractivity (Wildman–Crippen MR) is 116 cm³/mol. The highest BCUT2D eigenvalue weighted by molar-refractivity contribution is 7.89. The van der Waals surface area contributed by atoms with Crippen LogP contribution in [0.4, 0.5) is 5.69 Å². The Morgan fingerprint density at radius 1 is 1.10 bits per heavy atom. The zero-order chi connectivity index (χ0) is 21.6. The topological polar surface area (TPSA) is 84.5 Å². The van der Waals surface area contributed by atoms with Crippen LogP contribution >= 0.6 is 11.6 Å². The summed E-state index contributed by atoms with van der Waals surface area (Å²) < 4.78 is 33.5. The number of hydrogen-bond donors (Lipinski definition) is 2. The van der Waals surface area contributed by atoms with Gasteiger partial charge < -0.3 is 10.1 Å². The molecule has 2 aromatic rings. The molecule has 6 nitrogen and oxygen atoms in total. The molecule has 2 rings (SSSR count). The minimum atomic E-state index is -4.02. The van der Waals surface area contributed by atoms with Gasteiger partial charge in [-0.2, -0.15) is 4.72 Å². The molecule has 0 radical (unpaired) electrons. The van der Waals surface area contributed by atoms with Crippen LogP contribution in [-0.4, -0.2) is 27.0 Å². The molecular formula is C21H27ClN2O4S. The number of carbonyl (C=O) groups excluding carboxylic acids is 1. The number of benzene rings is 2. The second kappa shape index (κ2) is 10.1. The molecule has 0 saturated heterocycles. The Morgan fingerprint density at radius 2 is 1.72 bits per heavy atom. The lowest BCUT2D eigenvalue weighted by atomic mass is 10.0. The molecule has 0 spiro atoms. The molecule has 29 heavy (non-hydrogen) atoms. The zero-order valence-corrected chi connectivity index (χ0v) is 18.7. The standard InChI is InChI=1S/C21H27ClN2O4S/c1-5-15-9-8-10-16(6-2)20(15)23-21(25)14(4)24-29(26,27)19-13-17(22)11-12-18(19)28-7-3/h8-14,24H,5-7H2,1-4H3,(H,23,25). The Kier molecular flexibility index (Phi) is 8.07. The maximum Gasteiger partial charge on any atom is 0.245 e. The van der Waals surface area contributed by atoms with Crippen LogP contribution in [0.1, 0.15) is 38.8 Å². The molecule has 0 aliphatic carbocycles. The summed E-state index contributed by atoms with van der Waals surface area (Å²) >= 11 is 5.97. The number of para-hydroxylation sites is 1. The first kappa shape index (κ1) is 23.2. The number of aryl methyl sites for hydroxylation is 2. The molecule has 1 unspecified atom stereocenters. The van der Waals surface area contributed by atoms with Crippen LogP contribution in [0, 0.1) is 0 Å². The third-order valence-electron chi connectivity index (χ3n) is 4.47. The van der Waals surface area contributed by atoms with Gasteiger partial charge in [0.25, 0.3) is 0 Å². The molecule has 2 N–H and O–H groups in total. The number of nitrogens with one attached hydrogen (secondary N) is 2. The quantitative estimate of drug-likeness (QED) is 0.615. The van der Waals surface area contributed by atoms with E-state index in [0.717, 1.165) is 29.7 Å². The highest BCUT2D eigenvalue weighted by Gasteiger charge is 2.26. The lowest BCUT2D eigenvalue weighted by molar-refractivity contribution is -0.117. The van der Waals surface area contributed by atoms with E-state index >= 15 is 0 Å². The van der Waals surface area contributed by atoms with Crippen LogP contribution in [0.5, 0.6) is 5.75 Å². The molecule has 0 bridgehead atoms. The summed E-state index contributed by atoms with van der Waals surface area (Å²) in [7, 11) is -4.02. The van der Waals surface area contributed by atoms with E-state index in [0.29, 0.717) is 6.61 Å². The fourth-order valence-electron chi connectivity index (χ4n) is 2.95. The molecule has 0 aliphatic rings. The second-order valence-corrected chi connectivity index (χ2v) is 8.63. The fraction of sp³-hybridized carbons (Fsp3) is 0.381. The van der Waals surface area contributed by atoms with Crippen molar-refractivity contribution in [3.63, 3.8) is 0 Å². The molecule has 158 valence electrons. The van der Waals surface area contributed by atoms with E-state index in [1.54, 1.807) is 13.0 Å². The summed E-state index contributed by atoms with van der Waals surface area (Å²) in [5, 5.41) is 3.14. The van der Waals surface area contributed by atoms with E-state index in [2.05, 4.69) is 10.0 Å². The number of ether oxygens (including phenoxy) is 1. The molecule has 0 heterocycles. The summed E-state index contributed by atoms with van der Waals surface area (Å²) in [5.41, 5.74) is 2.74. The first-order chi connectivity index (χ1) is 13.7. The highest BCUT2D eigenvalue weighted by Crippen LogP contribution is 2.28. The molecule has 0 saturated carbocycles. The highest BCUT2D eigenvalue weighted by atomic mass is 35.5. The van der Waals surface area contributed by atoms with Crippen molar-refractivity contribution in [3.8, 4) is 5.75 Å². The first-order valence-electron chi connectivity index (χ1n) is 9.59. The number of anilines is 1. The van der Waals surface area contributed by atoms with E-state index in [-0.39, 0.29) is 15.7 Å². The van der Waals surface area contributed by atoms with Gasteiger partial charge in [-0.3, -0.25) is 4.79 Å². The van der Waals surface area contributed by atoms with Crippen molar-refractivity contribution >= 4 is 33.2 Å². The Hall–Kier alpha value is -2.09. The van der Waals surface area contributed by atoms with Crippen molar-refractivity contribution in [1.82, 2.24) is 4.72 Å². The molecule has 2 aromatic carbocycles. The van der Waals surface area contributed by atoms with Crippen molar-refractivity contribution in [2.24, 2.45) is 0 Å². The van der Waals surface area contributed by atoms with Gasteiger partial charge in [0.05, 0.1) is 12.6 Å². The van der Waals surface area contributed by atoms with Gasteiger partial charge in [-0.05, 0) is 56.0 Å². The average molecular weight is 439 g/mol. The number of carbonyl (C=O) groups is 1. The maximum absolute atomic E-state index is 12.9. The normalized spacial score (nSPS) is 12.4. The average Bonchev–Trinajstić information content (AvgIpc) is 2.69. The lowest BCUT2D eigenvalue weighted by Gasteiger charge is -2.19. The number of sulfonamides is 1. The summed E-state index contributed by atoms with van der Waals surface area (Å²) in [4.78, 5) is 12.6. The summed E-state index contributed by atoms with van der Waals surface area (Å²) in [5.74, 6) is -0.259. The van der Waals surface area contributed by atoms with Crippen LogP contribution in [0.3, 0.4) is 0 Å². The molecule has 1 amide bonds. The first-order valence-corrected chi connectivity index (χ1v) is 11.5. The summed E-state index contributed by atoms with van der Waals surface area (Å²) in [6.07, 6.45) is 1.51. The Bertz CT molecular complexity index is 954. The molecule has 1 atom stereocenters. The zero-order valence-electron chi connectivity index (χ0n) is 17.1. The minimum Gasteiger partial charge on any atom is -0.492 e. The molecule has 8 heteroatoms. The number of amides is 1. The van der Waals surface area contributed by atoms with E-state index in [4.69, 9.17) is 16.3 Å². The van der Waals surface area contributed by atoms with Crippen molar-refractivity contribution in [2.75, 3.05) is 11.9 Å². The van der Waals surface area contributed by atoms with Gasteiger partial charge >= 0.3 is 0 Å². The lowest BCUT2D eigenvalue weighted by Crippen LogP contribution is -2.41. The van der Waals surface area contributed by atoms with Crippen molar-refractivity contribution in [3.05, 3.63) is 52.5 Å². The van der Waals surface area contributed by atoms with Gasteiger partial charge in [0.15, 0.2) is 0 Å². The van der Waals surface area contributed by atoms with Crippen LogP contribution < -0.4 is 14.8 Å². The third-order valence-corrected chi connectivity index (χ3v) is 6.26. The van der Waals surface area contributed by atoms with Gasteiger partial charge in [0, 0.05) is 10.7 Å². The third kappa shape index (κ3) is 5.72. The smallest absolute Gasteiger partial charge is 0.245 e. The van der Waals surface area contributed by atoms with Gasteiger partial charge in [0.1, 0.15) is 10.6 Å². The molecule has 0 aliphatic heterocycles. The number of hydrogen-bond acceptors (Lipinski definition) is 4. The maximum atomic E-state index is 12.9. The monoisotopic (exact) mass is 438 g/mol. The summed E-state index contributed by atoms with van der Waals surface area (Å²) in [6.45, 7) is 7.56. The second-order valence-electron chi connectivity index (χ2n) is 6.51. The Balaban J connectivity index is 2.25. The van der Waals surface area contributed by atoms with Gasteiger partial charge in [-0.1, -0.05) is 43.6 Å². The summed E-state index contributed by atoms with van der Waals surface area (Å²) in [6, 6.07) is 9.21. The molecule has 0 aromatic heterocycles. The van der Waals surface area contributed by atoms with E-state index in [9.17, 15) is 13.2 Å². The fourth-order valence-corrected chi connectivity index (χ4v) is 4.56. The van der Waals surface area contributed by atoms with E-state index < -0.39 is 22.0 Å². The number of halogens is 1. The van der Waals surface area contributed by atoms with Crippen LogP contribution in [-0.2, 0) is 27.7 Å². The SMILES string of the molecule is CCOc1ccc(Cl)cc1S(=O)(=O)NC(C)C(=O)Nc1c(CC)cccc1CC. The van der Waals surface area contributed by atoms with E-state index in [1.165, 1.54) is 19.1 Å². The largest absolute Gasteiger partial charge is 0.492 e. The predicted octanol–water partition coefficient (Wildman–Crippen LogP) is 4.17. The van der Waals surface area contributed by atoms with Crippen molar-refractivity contribution in [2.45, 2.75) is 51.5 Å².